The molecule has 0 atom stereocenters. The van der Waals surface area contributed by atoms with E-state index >= 15 is 0 Å². The van der Waals surface area contributed by atoms with Gasteiger partial charge in [0.1, 0.15) is 17.4 Å². The molecule has 5 heteroatoms. The van der Waals surface area contributed by atoms with E-state index in [1.54, 1.807) is 6.20 Å². The summed E-state index contributed by atoms with van der Waals surface area (Å²) >= 11 is 1.50. The molecule has 0 bridgehead atoms. The molecule has 2 aromatic rings. The first-order valence-electron chi connectivity index (χ1n) is 5.99. The molecular formula is C14H15NO3S. The second-order valence-corrected chi connectivity index (χ2v) is 5.37. The second-order valence-electron chi connectivity index (χ2n) is 4.17. The van der Waals surface area contributed by atoms with Crippen LogP contribution in [0.1, 0.15) is 21.9 Å². The maximum absolute atomic E-state index is 10.5. The van der Waals surface area contributed by atoms with Gasteiger partial charge < -0.3 is 9.84 Å². The molecule has 2 rings (SSSR count). The first-order chi connectivity index (χ1) is 9.15. The normalized spacial score (nSPS) is 10.4. The quantitative estimate of drug-likeness (QED) is 0.881. The van der Waals surface area contributed by atoms with Gasteiger partial charge in [-0.3, -0.25) is 4.79 Å². The number of carbonyl (C=O) groups is 1. The van der Waals surface area contributed by atoms with Crippen LogP contribution in [0.5, 0.6) is 5.75 Å². The molecule has 0 unspecified atom stereocenters. The number of carboxylic acids is 1. The van der Waals surface area contributed by atoms with Crippen LogP contribution in [-0.4, -0.2) is 16.1 Å². The molecule has 0 amide bonds. The highest BCUT2D eigenvalue weighted by atomic mass is 32.1. The maximum Gasteiger partial charge on any atom is 0.303 e. The Morgan fingerprint density at radius 2 is 2.21 bits per heavy atom. The summed E-state index contributed by atoms with van der Waals surface area (Å²) in [6, 6.07) is 7.82. The number of aliphatic carboxylic acids is 1. The highest BCUT2D eigenvalue weighted by Crippen LogP contribution is 2.20. The molecule has 0 aliphatic heterocycles. The minimum atomic E-state index is -0.786. The monoisotopic (exact) mass is 277 g/mol. The number of rotatable bonds is 6. The molecule has 1 aromatic heterocycles. The van der Waals surface area contributed by atoms with Crippen molar-refractivity contribution in [2.24, 2.45) is 0 Å². The number of nitrogens with zero attached hydrogens (tertiary/aromatic N) is 1. The molecule has 1 aromatic carbocycles. The third-order valence-electron chi connectivity index (χ3n) is 2.63. The lowest BCUT2D eigenvalue weighted by Crippen LogP contribution is -1.96. The van der Waals surface area contributed by atoms with Crippen LogP contribution in [0.25, 0.3) is 0 Å². The number of para-hydroxylation sites is 1. The molecule has 1 heterocycles. The van der Waals surface area contributed by atoms with E-state index in [0.717, 1.165) is 21.2 Å². The van der Waals surface area contributed by atoms with Crippen LogP contribution in [0.4, 0.5) is 0 Å². The Bertz CT molecular complexity index is 565. The van der Waals surface area contributed by atoms with Crippen LogP contribution >= 0.6 is 11.3 Å². The summed E-state index contributed by atoms with van der Waals surface area (Å²) in [5.41, 5.74) is 1.09. The number of carboxylic acid groups (broad SMARTS) is 1. The van der Waals surface area contributed by atoms with Gasteiger partial charge in [0.05, 0.1) is 6.42 Å². The van der Waals surface area contributed by atoms with Crippen molar-refractivity contribution >= 4 is 17.3 Å². The van der Waals surface area contributed by atoms with E-state index in [1.165, 1.54) is 11.3 Å². The molecule has 0 fully saturated rings. The fourth-order valence-electron chi connectivity index (χ4n) is 1.62. The highest BCUT2D eigenvalue weighted by molar-refractivity contribution is 7.11. The standard InChI is InChI=1S/C14H15NO3S/c1-10-4-2-3-5-12(10)18-9-13-15-8-11(19-13)6-7-14(16)17/h2-5,8H,6-7,9H2,1H3,(H,16,17). The Morgan fingerprint density at radius 1 is 1.42 bits per heavy atom. The Kier molecular flexibility index (Phi) is 4.52. The summed E-state index contributed by atoms with van der Waals surface area (Å²) in [4.78, 5) is 15.7. The molecule has 0 spiro atoms. The van der Waals surface area contributed by atoms with Gasteiger partial charge in [0, 0.05) is 11.1 Å². The predicted octanol–water partition coefficient (Wildman–Crippen LogP) is 3.05. The zero-order chi connectivity index (χ0) is 13.7. The van der Waals surface area contributed by atoms with Crippen molar-refractivity contribution in [3.8, 4) is 5.75 Å². The summed E-state index contributed by atoms with van der Waals surface area (Å²) in [5.74, 6) is 0.0656. The van der Waals surface area contributed by atoms with Crippen LogP contribution < -0.4 is 4.74 Å². The van der Waals surface area contributed by atoms with Crippen LogP contribution in [0, 0.1) is 6.92 Å². The van der Waals surface area contributed by atoms with Gasteiger partial charge in [-0.1, -0.05) is 18.2 Å². The van der Waals surface area contributed by atoms with Gasteiger partial charge in [-0.05, 0) is 25.0 Å². The van der Waals surface area contributed by atoms with E-state index in [9.17, 15) is 4.79 Å². The van der Waals surface area contributed by atoms with E-state index in [0.29, 0.717) is 13.0 Å². The Labute approximate surface area is 115 Å². The third-order valence-corrected chi connectivity index (χ3v) is 3.66. The van der Waals surface area contributed by atoms with Gasteiger partial charge in [-0.2, -0.15) is 0 Å². The van der Waals surface area contributed by atoms with Gasteiger partial charge >= 0.3 is 5.97 Å². The molecule has 0 saturated carbocycles. The summed E-state index contributed by atoms with van der Waals surface area (Å²) in [6.07, 6.45) is 2.39. The third kappa shape index (κ3) is 4.06. The molecule has 19 heavy (non-hydrogen) atoms. The first kappa shape index (κ1) is 13.5. The van der Waals surface area contributed by atoms with E-state index < -0.39 is 5.97 Å². The number of aromatic nitrogens is 1. The maximum atomic E-state index is 10.5. The lowest BCUT2D eigenvalue weighted by Gasteiger charge is -2.06. The summed E-state index contributed by atoms with van der Waals surface area (Å²) in [7, 11) is 0. The fraction of sp³-hybridized carbons (Fsp3) is 0.286. The van der Waals surface area contributed by atoms with E-state index in [2.05, 4.69) is 4.98 Å². The number of ether oxygens (including phenoxy) is 1. The van der Waals surface area contributed by atoms with Crippen LogP contribution in [-0.2, 0) is 17.8 Å². The molecule has 0 radical (unpaired) electrons. The number of benzene rings is 1. The first-order valence-corrected chi connectivity index (χ1v) is 6.80. The van der Waals surface area contributed by atoms with Crippen LogP contribution in [0.15, 0.2) is 30.5 Å². The lowest BCUT2D eigenvalue weighted by atomic mass is 10.2. The zero-order valence-corrected chi connectivity index (χ0v) is 11.4. The van der Waals surface area contributed by atoms with Crippen molar-refractivity contribution in [3.63, 3.8) is 0 Å². The SMILES string of the molecule is Cc1ccccc1OCc1ncc(CCC(=O)O)s1. The number of aryl methyl sites for hydroxylation is 2. The smallest absolute Gasteiger partial charge is 0.303 e. The molecule has 0 aliphatic carbocycles. The van der Waals surface area contributed by atoms with Gasteiger partial charge in [-0.25, -0.2) is 4.98 Å². The average Bonchev–Trinajstić information content (AvgIpc) is 2.83. The lowest BCUT2D eigenvalue weighted by molar-refractivity contribution is -0.136. The van der Waals surface area contributed by atoms with E-state index in [4.69, 9.17) is 9.84 Å². The van der Waals surface area contributed by atoms with Gasteiger partial charge in [-0.15, -0.1) is 11.3 Å². The highest BCUT2D eigenvalue weighted by Gasteiger charge is 2.06. The van der Waals surface area contributed by atoms with Crippen molar-refractivity contribution in [3.05, 3.63) is 45.9 Å². The van der Waals surface area contributed by atoms with Crippen molar-refractivity contribution in [2.45, 2.75) is 26.4 Å². The number of hydrogen-bond donors (Lipinski definition) is 1. The molecule has 100 valence electrons. The van der Waals surface area contributed by atoms with Gasteiger partial charge in [0.25, 0.3) is 0 Å². The molecule has 0 saturated heterocycles. The molecule has 1 N–H and O–H groups in total. The van der Waals surface area contributed by atoms with Crippen LogP contribution in [0.2, 0.25) is 0 Å². The van der Waals surface area contributed by atoms with E-state index in [-0.39, 0.29) is 6.42 Å². The van der Waals surface area contributed by atoms with Gasteiger partial charge in [0.15, 0.2) is 0 Å². The minimum absolute atomic E-state index is 0.139. The van der Waals surface area contributed by atoms with E-state index in [1.807, 2.05) is 31.2 Å². The molecule has 4 nitrogen and oxygen atoms in total. The van der Waals surface area contributed by atoms with Crippen molar-refractivity contribution in [1.82, 2.24) is 4.98 Å². The summed E-state index contributed by atoms with van der Waals surface area (Å²) in [5, 5.41) is 9.49. The Hall–Kier alpha value is -1.88. The summed E-state index contributed by atoms with van der Waals surface area (Å²) < 4.78 is 5.69. The van der Waals surface area contributed by atoms with Crippen molar-refractivity contribution < 1.29 is 14.6 Å². The average molecular weight is 277 g/mol. The van der Waals surface area contributed by atoms with Crippen molar-refractivity contribution in [1.29, 1.82) is 0 Å². The zero-order valence-electron chi connectivity index (χ0n) is 10.6. The Balaban J connectivity index is 1.90. The van der Waals surface area contributed by atoms with Gasteiger partial charge in [0.2, 0.25) is 0 Å². The largest absolute Gasteiger partial charge is 0.486 e. The predicted molar refractivity (Wildman–Crippen MR) is 73.6 cm³/mol. The molecular weight excluding hydrogens is 262 g/mol. The fourth-order valence-corrected chi connectivity index (χ4v) is 2.45. The molecule has 0 aliphatic rings. The minimum Gasteiger partial charge on any atom is -0.486 e. The number of thiazole rings is 1. The van der Waals surface area contributed by atoms with Crippen LogP contribution in [0.3, 0.4) is 0 Å². The van der Waals surface area contributed by atoms with Crippen molar-refractivity contribution in [2.75, 3.05) is 0 Å². The number of hydrogen-bond acceptors (Lipinski definition) is 4. The summed E-state index contributed by atoms with van der Waals surface area (Å²) in [6.45, 7) is 2.41. The Morgan fingerprint density at radius 3 is 2.95 bits per heavy atom. The topological polar surface area (TPSA) is 59.4 Å². The second kappa shape index (κ2) is 6.33.